The van der Waals surface area contributed by atoms with E-state index in [4.69, 9.17) is 4.74 Å². The maximum atomic E-state index is 13.4. The highest BCUT2D eigenvalue weighted by Gasteiger charge is 2.06. The Kier molecular flexibility index (Phi) is 6.61. The number of esters is 1. The largest absolute Gasteiger partial charge is 0.452 e. The molecule has 0 aliphatic carbocycles. The van der Waals surface area contributed by atoms with E-state index in [1.54, 1.807) is 30.3 Å². The van der Waals surface area contributed by atoms with Crippen molar-refractivity contribution in [2.45, 2.75) is 6.92 Å². The van der Waals surface area contributed by atoms with Crippen molar-refractivity contribution in [3.8, 4) is 0 Å². The van der Waals surface area contributed by atoms with Gasteiger partial charge in [0.2, 0.25) is 5.91 Å². The number of benzene rings is 2. The Labute approximate surface area is 149 Å². The van der Waals surface area contributed by atoms with Crippen LogP contribution in [0, 0.1) is 5.82 Å². The van der Waals surface area contributed by atoms with Crippen molar-refractivity contribution >= 4 is 35.2 Å². The van der Waals surface area contributed by atoms with Gasteiger partial charge in [-0.15, -0.1) is 0 Å². The number of halogens is 1. The highest BCUT2D eigenvalue weighted by molar-refractivity contribution is 5.95. The molecule has 0 heterocycles. The van der Waals surface area contributed by atoms with E-state index >= 15 is 0 Å². The van der Waals surface area contributed by atoms with Crippen LogP contribution in [-0.4, -0.2) is 24.4 Å². The van der Waals surface area contributed by atoms with Crippen molar-refractivity contribution in [2.24, 2.45) is 0 Å². The summed E-state index contributed by atoms with van der Waals surface area (Å²) in [6.45, 7) is 0.915. The highest BCUT2D eigenvalue weighted by Crippen LogP contribution is 2.13. The maximum Gasteiger partial charge on any atom is 0.331 e. The van der Waals surface area contributed by atoms with Crippen molar-refractivity contribution in [3.05, 3.63) is 66.0 Å². The molecule has 0 atom stereocenters. The number of rotatable bonds is 6. The van der Waals surface area contributed by atoms with Gasteiger partial charge in [-0.1, -0.05) is 18.2 Å². The molecule has 2 aromatic rings. The van der Waals surface area contributed by atoms with Crippen molar-refractivity contribution in [3.63, 3.8) is 0 Å². The molecule has 0 spiro atoms. The number of carbonyl (C=O) groups excluding carboxylic acids is 3. The minimum atomic E-state index is -0.760. The van der Waals surface area contributed by atoms with Crippen LogP contribution in [0.1, 0.15) is 12.5 Å². The summed E-state index contributed by atoms with van der Waals surface area (Å²) in [5.41, 5.74) is 1.33. The maximum absolute atomic E-state index is 13.4. The second-order valence-corrected chi connectivity index (χ2v) is 5.27. The summed E-state index contributed by atoms with van der Waals surface area (Å²) in [6, 6.07) is 12.4. The zero-order chi connectivity index (χ0) is 18.9. The summed E-state index contributed by atoms with van der Waals surface area (Å²) in [7, 11) is 0. The zero-order valence-electron chi connectivity index (χ0n) is 14.0. The van der Waals surface area contributed by atoms with E-state index < -0.39 is 24.3 Å². The quantitative estimate of drug-likeness (QED) is 0.616. The monoisotopic (exact) mass is 356 g/mol. The number of amides is 2. The van der Waals surface area contributed by atoms with E-state index in [1.165, 1.54) is 31.2 Å². The smallest absolute Gasteiger partial charge is 0.331 e. The lowest BCUT2D eigenvalue weighted by Crippen LogP contribution is -2.20. The first kappa shape index (κ1) is 18.9. The Morgan fingerprint density at radius 3 is 2.23 bits per heavy atom. The fourth-order valence-corrected chi connectivity index (χ4v) is 1.99. The standard InChI is InChI=1S/C19H17FN2O4/c1-13(23)21-15-7-9-16(10-8-15)22-18(24)12-26-19(25)11-6-14-4-2-3-5-17(14)20/h2-11H,12H2,1H3,(H,21,23)(H,22,24). The van der Waals surface area contributed by atoms with E-state index in [-0.39, 0.29) is 11.5 Å². The predicted molar refractivity (Wildman–Crippen MR) is 95.8 cm³/mol. The van der Waals surface area contributed by atoms with Gasteiger partial charge in [-0.05, 0) is 36.4 Å². The van der Waals surface area contributed by atoms with Gasteiger partial charge in [-0.2, -0.15) is 0 Å². The molecule has 0 saturated heterocycles. The molecule has 2 N–H and O–H groups in total. The molecule has 0 aromatic heterocycles. The lowest BCUT2D eigenvalue weighted by Gasteiger charge is -2.07. The van der Waals surface area contributed by atoms with Crippen LogP contribution in [0.25, 0.3) is 6.08 Å². The van der Waals surface area contributed by atoms with Crippen LogP contribution < -0.4 is 10.6 Å². The minimum absolute atomic E-state index is 0.197. The van der Waals surface area contributed by atoms with Crippen molar-refractivity contribution in [2.75, 3.05) is 17.2 Å². The van der Waals surface area contributed by atoms with Gasteiger partial charge < -0.3 is 15.4 Å². The number of hydrogen-bond acceptors (Lipinski definition) is 4. The van der Waals surface area contributed by atoms with Crippen LogP contribution in [0.4, 0.5) is 15.8 Å². The lowest BCUT2D eigenvalue weighted by molar-refractivity contribution is -0.142. The van der Waals surface area contributed by atoms with Crippen LogP contribution in [0.5, 0.6) is 0 Å². The van der Waals surface area contributed by atoms with Crippen molar-refractivity contribution < 1.29 is 23.5 Å². The fraction of sp³-hybridized carbons (Fsp3) is 0.105. The van der Waals surface area contributed by atoms with Gasteiger partial charge in [0.1, 0.15) is 5.82 Å². The molecule has 0 radical (unpaired) electrons. The lowest BCUT2D eigenvalue weighted by atomic mass is 10.2. The van der Waals surface area contributed by atoms with Gasteiger partial charge in [0.25, 0.3) is 5.91 Å². The Morgan fingerprint density at radius 1 is 1.00 bits per heavy atom. The van der Waals surface area contributed by atoms with E-state index in [9.17, 15) is 18.8 Å². The molecular weight excluding hydrogens is 339 g/mol. The molecule has 2 amide bonds. The molecule has 7 heteroatoms. The van der Waals surface area contributed by atoms with E-state index in [0.717, 1.165) is 6.08 Å². The van der Waals surface area contributed by atoms with Crippen LogP contribution in [0.2, 0.25) is 0 Å². The second kappa shape index (κ2) is 9.12. The van der Waals surface area contributed by atoms with Gasteiger partial charge in [-0.3, -0.25) is 9.59 Å². The number of anilines is 2. The molecule has 0 aliphatic heterocycles. The average Bonchev–Trinajstić information content (AvgIpc) is 2.60. The zero-order valence-corrected chi connectivity index (χ0v) is 14.0. The molecule has 0 unspecified atom stereocenters. The first-order valence-corrected chi connectivity index (χ1v) is 7.71. The third-order valence-corrected chi connectivity index (χ3v) is 3.14. The summed E-state index contributed by atoms with van der Waals surface area (Å²) in [6.07, 6.45) is 2.32. The molecular formula is C19H17FN2O4. The highest BCUT2D eigenvalue weighted by atomic mass is 19.1. The van der Waals surface area contributed by atoms with Crippen LogP contribution in [-0.2, 0) is 19.1 Å². The van der Waals surface area contributed by atoms with Gasteiger partial charge in [0.05, 0.1) is 0 Å². The fourth-order valence-electron chi connectivity index (χ4n) is 1.99. The van der Waals surface area contributed by atoms with Gasteiger partial charge >= 0.3 is 5.97 Å². The Hall–Kier alpha value is -3.48. The molecule has 134 valence electrons. The van der Waals surface area contributed by atoms with Crippen molar-refractivity contribution in [1.82, 2.24) is 0 Å². The average molecular weight is 356 g/mol. The van der Waals surface area contributed by atoms with Crippen LogP contribution in [0.3, 0.4) is 0 Å². The Bertz CT molecular complexity index is 832. The van der Waals surface area contributed by atoms with E-state index in [0.29, 0.717) is 11.4 Å². The van der Waals surface area contributed by atoms with Crippen molar-refractivity contribution in [1.29, 1.82) is 0 Å². The number of carbonyl (C=O) groups is 3. The third-order valence-electron chi connectivity index (χ3n) is 3.14. The van der Waals surface area contributed by atoms with Crippen LogP contribution in [0.15, 0.2) is 54.6 Å². The van der Waals surface area contributed by atoms with E-state index in [2.05, 4.69) is 10.6 Å². The van der Waals surface area contributed by atoms with Gasteiger partial charge in [0.15, 0.2) is 6.61 Å². The molecule has 0 fully saturated rings. The van der Waals surface area contributed by atoms with Gasteiger partial charge in [0, 0.05) is 29.9 Å². The molecule has 6 nitrogen and oxygen atoms in total. The predicted octanol–water partition coefficient (Wildman–Crippen LogP) is 2.98. The SMILES string of the molecule is CC(=O)Nc1ccc(NC(=O)COC(=O)C=Cc2ccccc2F)cc1. The van der Waals surface area contributed by atoms with E-state index in [1.807, 2.05) is 0 Å². The molecule has 0 bridgehead atoms. The summed E-state index contributed by atoms with van der Waals surface area (Å²) in [5.74, 6) is -1.94. The summed E-state index contributed by atoms with van der Waals surface area (Å²) in [5, 5.41) is 5.15. The topological polar surface area (TPSA) is 84.5 Å². The molecule has 0 saturated carbocycles. The van der Waals surface area contributed by atoms with Gasteiger partial charge in [-0.25, -0.2) is 9.18 Å². The molecule has 0 aliphatic rings. The minimum Gasteiger partial charge on any atom is -0.452 e. The number of ether oxygens (including phenoxy) is 1. The van der Waals surface area contributed by atoms with Crippen LogP contribution >= 0.6 is 0 Å². The molecule has 2 aromatic carbocycles. The second-order valence-electron chi connectivity index (χ2n) is 5.27. The summed E-state index contributed by atoms with van der Waals surface area (Å²) in [4.78, 5) is 34.3. The first-order chi connectivity index (χ1) is 12.4. The summed E-state index contributed by atoms with van der Waals surface area (Å²) >= 11 is 0. The third kappa shape index (κ3) is 6.20. The summed E-state index contributed by atoms with van der Waals surface area (Å²) < 4.78 is 18.2. The molecule has 26 heavy (non-hydrogen) atoms. The Morgan fingerprint density at radius 2 is 1.62 bits per heavy atom. The number of hydrogen-bond donors (Lipinski definition) is 2. The normalized spacial score (nSPS) is 10.4. The Balaban J connectivity index is 1.80. The number of nitrogens with one attached hydrogen (secondary N) is 2. The first-order valence-electron chi connectivity index (χ1n) is 7.71. The molecule has 2 rings (SSSR count).